The Morgan fingerprint density at radius 1 is 1.23 bits per heavy atom. The van der Waals surface area contributed by atoms with Crippen molar-refractivity contribution >= 4 is 28.4 Å². The number of carbonyl (C=O) groups is 1. The van der Waals surface area contributed by atoms with Crippen molar-refractivity contribution in [2.75, 3.05) is 36.5 Å². The van der Waals surface area contributed by atoms with Gasteiger partial charge in [0.15, 0.2) is 5.82 Å². The summed E-state index contributed by atoms with van der Waals surface area (Å²) in [5.74, 6) is -1.68. The van der Waals surface area contributed by atoms with Crippen LogP contribution in [-0.2, 0) is 11.3 Å². The van der Waals surface area contributed by atoms with Crippen LogP contribution in [0.15, 0.2) is 18.5 Å². The Morgan fingerprint density at radius 3 is 2.77 bits per heavy atom. The number of H-pyrrole nitrogens is 1. The minimum Gasteiger partial charge on any atom is -0.379 e. The van der Waals surface area contributed by atoms with E-state index in [4.69, 9.17) is 9.84 Å². The van der Waals surface area contributed by atoms with Crippen LogP contribution in [0.2, 0.25) is 0 Å². The molecule has 3 saturated heterocycles. The summed E-state index contributed by atoms with van der Waals surface area (Å²) in [6.07, 6.45) is 4.70. The number of piperidine rings is 1. The zero-order valence-electron chi connectivity index (χ0n) is 21.9. The number of alkyl halides is 3. The summed E-state index contributed by atoms with van der Waals surface area (Å²) < 4.78 is 50.4. The Bertz CT molecular complexity index is 1440. The lowest BCUT2D eigenvalue weighted by Gasteiger charge is -2.43. The Labute approximate surface area is 222 Å². The summed E-state index contributed by atoms with van der Waals surface area (Å²) >= 11 is 0. The maximum atomic E-state index is 14.8. The van der Waals surface area contributed by atoms with E-state index >= 15 is 0 Å². The number of fused-ring (bicyclic) bond motifs is 2. The van der Waals surface area contributed by atoms with Gasteiger partial charge in [-0.05, 0) is 39.2 Å². The van der Waals surface area contributed by atoms with E-state index in [1.165, 1.54) is 24.9 Å². The minimum atomic E-state index is -2.90. The lowest BCUT2D eigenvalue weighted by atomic mass is 9.92. The summed E-state index contributed by atoms with van der Waals surface area (Å²) in [6.45, 7) is 4.66. The van der Waals surface area contributed by atoms with Gasteiger partial charge in [-0.2, -0.15) is 10.2 Å². The molecule has 208 valence electrons. The maximum Gasteiger partial charge on any atom is 0.322 e. The van der Waals surface area contributed by atoms with Gasteiger partial charge in [-0.25, -0.2) is 18.0 Å². The highest BCUT2D eigenvalue weighted by molar-refractivity contribution is 5.96. The number of amides is 2. The van der Waals surface area contributed by atoms with Crippen molar-refractivity contribution in [3.05, 3.63) is 18.5 Å². The molecule has 2 N–H and O–H groups in total. The van der Waals surface area contributed by atoms with Gasteiger partial charge < -0.3 is 19.9 Å². The van der Waals surface area contributed by atoms with Gasteiger partial charge in [0, 0.05) is 30.6 Å². The molecule has 3 aromatic rings. The van der Waals surface area contributed by atoms with Gasteiger partial charge in [-0.3, -0.25) is 14.8 Å². The number of likely N-dealkylation sites (tertiary alicyclic amines) is 1. The number of nitrogens with one attached hydrogen (secondary N) is 2. The number of aromatic amines is 1. The van der Waals surface area contributed by atoms with Gasteiger partial charge in [0.25, 0.3) is 5.92 Å². The summed E-state index contributed by atoms with van der Waals surface area (Å²) in [4.78, 5) is 21.3. The van der Waals surface area contributed by atoms with Crippen LogP contribution in [-0.4, -0.2) is 85.4 Å². The van der Waals surface area contributed by atoms with Crippen LogP contribution in [0.5, 0.6) is 0 Å². The SMILES string of the molecule is CC(C)(F)Cn1nc(N2C[C@H]3COCC32)c2cnc(-c3[nH]ncc3NC(=O)N3CC(F)(F)CCC34CC4)cc21. The molecule has 4 fully saturated rings. The normalized spacial score (nSPS) is 25.2. The molecule has 1 unspecified atom stereocenters. The molecule has 1 aliphatic carbocycles. The molecule has 3 aromatic heterocycles. The quantitative estimate of drug-likeness (QED) is 0.499. The first-order valence-corrected chi connectivity index (χ1v) is 13.4. The number of hydrogen-bond donors (Lipinski definition) is 2. The summed E-state index contributed by atoms with van der Waals surface area (Å²) in [5.41, 5.74) is -0.0493. The zero-order valence-corrected chi connectivity index (χ0v) is 21.9. The van der Waals surface area contributed by atoms with Crippen molar-refractivity contribution < 1.29 is 22.7 Å². The van der Waals surface area contributed by atoms with E-state index in [1.807, 2.05) is 0 Å². The van der Waals surface area contributed by atoms with Crippen LogP contribution in [0.3, 0.4) is 0 Å². The Balaban J connectivity index is 1.20. The molecule has 7 rings (SSSR count). The van der Waals surface area contributed by atoms with Crippen LogP contribution in [0.1, 0.15) is 39.5 Å². The highest BCUT2D eigenvalue weighted by atomic mass is 19.3. The number of rotatable bonds is 5. The fourth-order valence-electron chi connectivity index (χ4n) is 6.22. The first-order valence-electron chi connectivity index (χ1n) is 13.4. The van der Waals surface area contributed by atoms with Crippen molar-refractivity contribution in [3.8, 4) is 11.4 Å². The van der Waals surface area contributed by atoms with E-state index in [0.717, 1.165) is 37.2 Å². The molecule has 0 radical (unpaired) electrons. The molecule has 10 nitrogen and oxygen atoms in total. The second kappa shape index (κ2) is 8.33. The molecular weight excluding hydrogens is 513 g/mol. The molecule has 3 aliphatic heterocycles. The summed E-state index contributed by atoms with van der Waals surface area (Å²) in [5, 5.41) is 15.3. The molecule has 0 aromatic carbocycles. The Kier molecular flexibility index (Phi) is 5.27. The zero-order chi connectivity index (χ0) is 27.2. The largest absolute Gasteiger partial charge is 0.379 e. The number of aromatic nitrogens is 5. The number of hydrogen-bond acceptors (Lipinski definition) is 6. The first kappa shape index (κ1) is 24.7. The molecular formula is C26H31F3N8O2. The number of nitrogens with zero attached hydrogens (tertiary/aromatic N) is 6. The van der Waals surface area contributed by atoms with Crippen molar-refractivity contribution in [1.82, 2.24) is 29.9 Å². The van der Waals surface area contributed by atoms with E-state index in [1.54, 1.807) is 16.9 Å². The number of anilines is 2. The van der Waals surface area contributed by atoms with Crippen molar-refractivity contribution in [1.29, 1.82) is 0 Å². The van der Waals surface area contributed by atoms with Crippen LogP contribution >= 0.6 is 0 Å². The van der Waals surface area contributed by atoms with E-state index in [0.29, 0.717) is 41.5 Å². The fraction of sp³-hybridized carbons (Fsp3) is 0.615. The van der Waals surface area contributed by atoms with E-state index in [9.17, 15) is 18.0 Å². The molecule has 1 saturated carbocycles. The van der Waals surface area contributed by atoms with Crippen LogP contribution < -0.4 is 10.2 Å². The predicted molar refractivity (Wildman–Crippen MR) is 138 cm³/mol. The lowest BCUT2D eigenvalue weighted by molar-refractivity contribution is -0.0721. The molecule has 0 bridgehead atoms. The van der Waals surface area contributed by atoms with Gasteiger partial charge in [0.05, 0.1) is 60.8 Å². The van der Waals surface area contributed by atoms with Crippen molar-refractivity contribution in [2.45, 2.75) is 69.2 Å². The molecule has 2 amide bonds. The number of carbonyl (C=O) groups excluding carboxylic acids is 1. The average Bonchev–Trinajstić information content (AvgIpc) is 3.14. The third kappa shape index (κ3) is 4.21. The topological polar surface area (TPSA) is 104 Å². The Morgan fingerprint density at radius 2 is 2.03 bits per heavy atom. The average molecular weight is 545 g/mol. The number of pyridine rings is 1. The fourth-order valence-corrected chi connectivity index (χ4v) is 6.22. The molecule has 6 heterocycles. The lowest BCUT2D eigenvalue weighted by Crippen LogP contribution is -2.56. The Hall–Kier alpha value is -3.35. The van der Waals surface area contributed by atoms with Crippen LogP contribution in [0, 0.1) is 5.92 Å². The van der Waals surface area contributed by atoms with Crippen LogP contribution in [0.25, 0.3) is 22.3 Å². The van der Waals surface area contributed by atoms with Gasteiger partial charge in [-0.15, -0.1) is 0 Å². The number of urea groups is 1. The van der Waals surface area contributed by atoms with Gasteiger partial charge in [0.1, 0.15) is 11.4 Å². The third-order valence-corrected chi connectivity index (χ3v) is 8.54. The van der Waals surface area contributed by atoms with Crippen LogP contribution in [0.4, 0.5) is 29.5 Å². The molecule has 4 aliphatic rings. The van der Waals surface area contributed by atoms with Gasteiger partial charge in [-0.1, -0.05) is 0 Å². The highest BCUT2D eigenvalue weighted by Crippen LogP contribution is 2.51. The molecule has 39 heavy (non-hydrogen) atoms. The molecule has 2 atom stereocenters. The first-order chi connectivity index (χ1) is 18.5. The van der Waals surface area contributed by atoms with E-state index in [2.05, 4.69) is 25.4 Å². The smallest absolute Gasteiger partial charge is 0.322 e. The van der Waals surface area contributed by atoms with Gasteiger partial charge >= 0.3 is 6.03 Å². The standard InChI is InChI=1S/C26H31F3N8O2/c1-24(2,27)13-37-19-7-17(30-8-16(19)22(34-37)35-10-15-11-39-12-20(15)35)21-18(9-31-33-21)32-23(38)36-14-26(28,29)6-5-25(36)3-4-25/h7-9,15,20H,3-6,10-14H2,1-2H3,(H,31,33)(H,32,38)/t15-,20?/m0/s1. The van der Waals surface area contributed by atoms with E-state index in [-0.39, 0.29) is 19.0 Å². The van der Waals surface area contributed by atoms with E-state index < -0.39 is 29.7 Å². The second-order valence-corrected chi connectivity index (χ2v) is 12.1. The number of halogens is 3. The molecule has 13 heteroatoms. The second-order valence-electron chi connectivity index (χ2n) is 12.1. The summed E-state index contributed by atoms with van der Waals surface area (Å²) in [7, 11) is 0. The van der Waals surface area contributed by atoms with Crippen molar-refractivity contribution in [2.24, 2.45) is 5.92 Å². The number of ether oxygens (including phenoxy) is 1. The summed E-state index contributed by atoms with van der Waals surface area (Å²) in [6, 6.07) is 1.47. The molecule has 1 spiro atoms. The monoisotopic (exact) mass is 544 g/mol. The minimum absolute atomic E-state index is 0.0449. The third-order valence-electron chi connectivity index (χ3n) is 8.54. The highest BCUT2D eigenvalue weighted by Gasteiger charge is 2.57. The van der Waals surface area contributed by atoms with Gasteiger partial charge in [0.2, 0.25) is 0 Å². The maximum absolute atomic E-state index is 14.8. The predicted octanol–water partition coefficient (Wildman–Crippen LogP) is 4.20. The van der Waals surface area contributed by atoms with Crippen molar-refractivity contribution in [3.63, 3.8) is 0 Å².